The quantitative estimate of drug-likeness (QED) is 0.825. The van der Waals surface area contributed by atoms with Gasteiger partial charge in [0.05, 0.1) is 12.0 Å². The molecule has 0 spiro atoms. The van der Waals surface area contributed by atoms with Crippen molar-refractivity contribution in [2.24, 2.45) is 5.92 Å². The van der Waals surface area contributed by atoms with Crippen molar-refractivity contribution in [1.29, 1.82) is 0 Å². The molecule has 0 aromatic carbocycles. The highest BCUT2D eigenvalue weighted by Gasteiger charge is 2.32. The molecule has 116 valence electrons. The molecule has 2 aliphatic rings. The molecule has 1 amide bonds. The van der Waals surface area contributed by atoms with Crippen molar-refractivity contribution in [2.75, 3.05) is 40.4 Å². The summed E-state index contributed by atoms with van der Waals surface area (Å²) in [5.74, 6) is 0.828. The van der Waals surface area contributed by atoms with Gasteiger partial charge in [-0.2, -0.15) is 0 Å². The molecule has 2 aliphatic heterocycles. The van der Waals surface area contributed by atoms with E-state index in [0.29, 0.717) is 5.92 Å². The summed E-state index contributed by atoms with van der Waals surface area (Å²) in [5, 5.41) is 0. The van der Waals surface area contributed by atoms with Crippen molar-refractivity contribution >= 4 is 5.91 Å². The molecule has 3 rings (SSSR count). The minimum absolute atomic E-state index is 0.144. The number of carbonyl (C=O) groups is 1. The highest BCUT2D eigenvalue weighted by Crippen LogP contribution is 2.25. The molecular formula is C15H24N4O2. The van der Waals surface area contributed by atoms with Crippen LogP contribution in [0.2, 0.25) is 0 Å². The van der Waals surface area contributed by atoms with Crippen LogP contribution in [0, 0.1) is 5.92 Å². The van der Waals surface area contributed by atoms with Crippen LogP contribution in [-0.2, 0) is 16.1 Å². The number of hydrogen-bond acceptors (Lipinski definition) is 4. The molecule has 3 heterocycles. The van der Waals surface area contributed by atoms with E-state index in [-0.39, 0.29) is 11.9 Å². The molecule has 21 heavy (non-hydrogen) atoms. The van der Waals surface area contributed by atoms with Gasteiger partial charge in [0, 0.05) is 53.1 Å². The van der Waals surface area contributed by atoms with Gasteiger partial charge in [-0.05, 0) is 18.8 Å². The number of rotatable bonds is 3. The number of fused-ring (bicyclic) bond motifs is 1. The Morgan fingerprint density at radius 3 is 2.90 bits per heavy atom. The predicted molar refractivity (Wildman–Crippen MR) is 78.8 cm³/mol. The molecule has 0 bridgehead atoms. The second-order valence-electron chi connectivity index (χ2n) is 6.29. The zero-order chi connectivity index (χ0) is 14.8. The average molecular weight is 292 g/mol. The molecular weight excluding hydrogens is 268 g/mol. The van der Waals surface area contributed by atoms with Crippen molar-refractivity contribution < 1.29 is 9.53 Å². The van der Waals surface area contributed by atoms with Gasteiger partial charge in [0.25, 0.3) is 0 Å². The lowest BCUT2D eigenvalue weighted by molar-refractivity contribution is -0.133. The molecule has 1 saturated heterocycles. The molecule has 0 aliphatic carbocycles. The minimum atomic E-state index is -0.147. The monoisotopic (exact) mass is 292 g/mol. The second-order valence-corrected chi connectivity index (χ2v) is 6.29. The van der Waals surface area contributed by atoms with Gasteiger partial charge in [0.15, 0.2) is 0 Å². The van der Waals surface area contributed by atoms with Gasteiger partial charge < -0.3 is 14.2 Å². The van der Waals surface area contributed by atoms with E-state index in [2.05, 4.69) is 9.88 Å². The zero-order valence-electron chi connectivity index (χ0n) is 12.9. The second kappa shape index (κ2) is 6.15. The van der Waals surface area contributed by atoms with E-state index in [1.54, 1.807) is 11.2 Å². The number of nitrogens with zero attached hydrogens (tertiary/aromatic N) is 4. The van der Waals surface area contributed by atoms with Crippen molar-refractivity contribution in [3.05, 3.63) is 18.2 Å². The Hall–Kier alpha value is -1.40. The molecule has 1 unspecified atom stereocenters. The molecule has 1 aromatic rings. The van der Waals surface area contributed by atoms with Crippen molar-refractivity contribution in [1.82, 2.24) is 19.4 Å². The number of likely N-dealkylation sites (N-methyl/N-ethyl adjacent to an activating group) is 1. The highest BCUT2D eigenvalue weighted by molar-refractivity contribution is 5.80. The zero-order valence-corrected chi connectivity index (χ0v) is 12.9. The maximum absolute atomic E-state index is 12.4. The van der Waals surface area contributed by atoms with E-state index in [1.165, 1.54) is 0 Å². The Morgan fingerprint density at radius 1 is 1.43 bits per heavy atom. The van der Waals surface area contributed by atoms with Gasteiger partial charge >= 0.3 is 0 Å². The van der Waals surface area contributed by atoms with E-state index < -0.39 is 0 Å². The van der Waals surface area contributed by atoms with E-state index in [1.807, 2.05) is 24.9 Å². The van der Waals surface area contributed by atoms with Gasteiger partial charge in [0.1, 0.15) is 6.04 Å². The topological polar surface area (TPSA) is 50.6 Å². The van der Waals surface area contributed by atoms with Crippen LogP contribution >= 0.6 is 0 Å². The van der Waals surface area contributed by atoms with Gasteiger partial charge in [-0.25, -0.2) is 4.98 Å². The summed E-state index contributed by atoms with van der Waals surface area (Å²) in [5.41, 5.74) is 1.13. The summed E-state index contributed by atoms with van der Waals surface area (Å²) in [6.45, 7) is 4.45. The SMILES string of the molecule is CN(C)C(=O)C1CN(CC2CCOCC2)Cc2cncn21. The van der Waals surface area contributed by atoms with E-state index in [9.17, 15) is 4.79 Å². The van der Waals surface area contributed by atoms with E-state index in [4.69, 9.17) is 4.74 Å². The molecule has 0 radical (unpaired) electrons. The number of hydrogen-bond donors (Lipinski definition) is 0. The normalized spacial score (nSPS) is 23.8. The molecule has 6 heteroatoms. The number of imidazole rings is 1. The molecule has 1 aromatic heterocycles. The minimum Gasteiger partial charge on any atom is -0.381 e. The van der Waals surface area contributed by atoms with Crippen molar-refractivity contribution in [3.8, 4) is 0 Å². The van der Waals surface area contributed by atoms with Crippen LogP contribution in [0.1, 0.15) is 24.6 Å². The first-order chi connectivity index (χ1) is 10.1. The first-order valence-corrected chi connectivity index (χ1v) is 7.67. The Kier molecular flexibility index (Phi) is 4.26. The van der Waals surface area contributed by atoms with Crippen molar-refractivity contribution in [3.63, 3.8) is 0 Å². The number of amides is 1. The van der Waals surface area contributed by atoms with Crippen LogP contribution in [0.4, 0.5) is 0 Å². The standard InChI is InChI=1S/C15H24N4O2/c1-17(2)15(20)14-10-18(8-12-3-5-21-6-4-12)9-13-7-16-11-19(13)14/h7,11-12,14H,3-6,8-10H2,1-2H3. The van der Waals surface area contributed by atoms with Gasteiger partial charge in [-0.3, -0.25) is 9.69 Å². The Morgan fingerprint density at radius 2 is 2.19 bits per heavy atom. The maximum Gasteiger partial charge on any atom is 0.246 e. The fourth-order valence-electron chi connectivity index (χ4n) is 3.29. The highest BCUT2D eigenvalue weighted by atomic mass is 16.5. The fourth-order valence-corrected chi connectivity index (χ4v) is 3.29. The largest absolute Gasteiger partial charge is 0.381 e. The van der Waals surface area contributed by atoms with Gasteiger partial charge in [-0.1, -0.05) is 0 Å². The predicted octanol–water partition coefficient (Wildman–Crippen LogP) is 0.755. The lowest BCUT2D eigenvalue weighted by Crippen LogP contribution is -2.45. The van der Waals surface area contributed by atoms with Crippen LogP contribution in [0.3, 0.4) is 0 Å². The van der Waals surface area contributed by atoms with Crippen LogP contribution in [0.5, 0.6) is 0 Å². The molecule has 1 atom stereocenters. The first-order valence-electron chi connectivity index (χ1n) is 7.67. The fraction of sp³-hybridized carbons (Fsp3) is 0.733. The smallest absolute Gasteiger partial charge is 0.246 e. The molecule has 0 N–H and O–H groups in total. The summed E-state index contributed by atoms with van der Waals surface area (Å²) < 4.78 is 7.46. The lowest BCUT2D eigenvalue weighted by atomic mass is 9.98. The first kappa shape index (κ1) is 14.5. The summed E-state index contributed by atoms with van der Waals surface area (Å²) >= 11 is 0. The Labute approximate surface area is 125 Å². The maximum atomic E-state index is 12.4. The number of ether oxygens (including phenoxy) is 1. The molecule has 0 saturated carbocycles. The summed E-state index contributed by atoms with van der Waals surface area (Å²) in [6.07, 6.45) is 5.92. The third kappa shape index (κ3) is 3.11. The van der Waals surface area contributed by atoms with E-state index >= 15 is 0 Å². The Balaban J connectivity index is 1.72. The van der Waals surface area contributed by atoms with Gasteiger partial charge in [0.2, 0.25) is 5.91 Å². The lowest BCUT2D eigenvalue weighted by Gasteiger charge is -2.37. The van der Waals surface area contributed by atoms with E-state index in [0.717, 1.165) is 51.4 Å². The van der Waals surface area contributed by atoms with Gasteiger partial charge in [-0.15, -0.1) is 0 Å². The Bertz CT molecular complexity index is 494. The van der Waals surface area contributed by atoms with Crippen LogP contribution in [-0.4, -0.2) is 65.7 Å². The van der Waals surface area contributed by atoms with Crippen LogP contribution < -0.4 is 0 Å². The average Bonchev–Trinajstić information content (AvgIpc) is 2.95. The summed E-state index contributed by atoms with van der Waals surface area (Å²) in [4.78, 5) is 20.7. The number of aromatic nitrogens is 2. The van der Waals surface area contributed by atoms with Crippen molar-refractivity contribution in [2.45, 2.75) is 25.4 Å². The third-order valence-corrected chi connectivity index (χ3v) is 4.48. The van der Waals surface area contributed by atoms with Crippen LogP contribution in [0.25, 0.3) is 0 Å². The number of carbonyl (C=O) groups excluding carboxylic acids is 1. The van der Waals surface area contributed by atoms with Crippen LogP contribution in [0.15, 0.2) is 12.5 Å². The summed E-state index contributed by atoms with van der Waals surface area (Å²) in [6, 6.07) is -0.147. The molecule has 1 fully saturated rings. The summed E-state index contributed by atoms with van der Waals surface area (Å²) in [7, 11) is 3.63. The molecule has 6 nitrogen and oxygen atoms in total. The third-order valence-electron chi connectivity index (χ3n) is 4.48.